The van der Waals surface area contributed by atoms with Gasteiger partial charge in [0, 0.05) is 13.2 Å². The molecule has 0 aliphatic rings. The highest BCUT2D eigenvalue weighted by molar-refractivity contribution is 5.49. The minimum atomic E-state index is 0.131. The van der Waals surface area contributed by atoms with Gasteiger partial charge in [-0.25, -0.2) is 0 Å². The Hall–Kier alpha value is -2.18. The molecule has 2 N–H and O–H groups in total. The molecule has 0 saturated carbocycles. The second kappa shape index (κ2) is 4.77. The zero-order valence-electron chi connectivity index (χ0n) is 9.79. The Kier molecular flexibility index (Phi) is 3.17. The van der Waals surface area contributed by atoms with E-state index >= 15 is 0 Å². The molecule has 2 heterocycles. The number of nitrogen functional groups attached to an aromatic ring is 1. The van der Waals surface area contributed by atoms with E-state index in [0.717, 1.165) is 6.42 Å². The predicted molar refractivity (Wildman–Crippen MR) is 62.2 cm³/mol. The van der Waals surface area contributed by atoms with Crippen molar-refractivity contribution in [2.75, 3.05) is 12.3 Å². The molecule has 0 amide bonds. The summed E-state index contributed by atoms with van der Waals surface area (Å²) in [5, 5.41) is 4.20. The molecule has 17 heavy (non-hydrogen) atoms. The molecule has 0 radical (unpaired) electrons. The first-order chi connectivity index (χ1) is 8.19. The van der Waals surface area contributed by atoms with Gasteiger partial charge in [-0.1, -0.05) is 6.92 Å². The molecule has 0 aliphatic carbocycles. The van der Waals surface area contributed by atoms with Gasteiger partial charge < -0.3 is 10.5 Å². The van der Waals surface area contributed by atoms with E-state index in [1.54, 1.807) is 10.7 Å². The Bertz CT molecular complexity index is 509. The standard InChI is InChI=1S/C10H14N6O/c1-3-6-17-10-13-8(12-9(11)14-10)7-4-5-16(2)15-7/h4-5H,3,6H2,1-2H3,(H2,11,12,13,14). The van der Waals surface area contributed by atoms with E-state index < -0.39 is 0 Å². The summed E-state index contributed by atoms with van der Waals surface area (Å²) >= 11 is 0. The smallest absolute Gasteiger partial charge is 0.321 e. The maximum absolute atomic E-state index is 5.60. The number of hydrogen-bond acceptors (Lipinski definition) is 6. The van der Waals surface area contributed by atoms with Crippen LogP contribution in [0.15, 0.2) is 12.3 Å². The molecule has 90 valence electrons. The van der Waals surface area contributed by atoms with E-state index in [4.69, 9.17) is 10.5 Å². The van der Waals surface area contributed by atoms with E-state index in [0.29, 0.717) is 18.1 Å². The number of ether oxygens (including phenoxy) is 1. The highest BCUT2D eigenvalue weighted by Gasteiger charge is 2.09. The van der Waals surface area contributed by atoms with Crippen LogP contribution in [-0.2, 0) is 7.05 Å². The number of rotatable bonds is 4. The van der Waals surface area contributed by atoms with Crippen molar-refractivity contribution in [3.05, 3.63) is 12.3 Å². The van der Waals surface area contributed by atoms with E-state index in [1.807, 2.05) is 20.2 Å². The normalized spacial score (nSPS) is 10.5. The van der Waals surface area contributed by atoms with Crippen LogP contribution in [0.3, 0.4) is 0 Å². The van der Waals surface area contributed by atoms with Gasteiger partial charge in [0.25, 0.3) is 0 Å². The Labute approximate surface area is 98.7 Å². The van der Waals surface area contributed by atoms with Gasteiger partial charge in [-0.3, -0.25) is 4.68 Å². The van der Waals surface area contributed by atoms with Gasteiger partial charge in [-0.2, -0.15) is 20.1 Å². The summed E-state index contributed by atoms with van der Waals surface area (Å²) in [5.74, 6) is 0.552. The molecule has 2 aromatic rings. The number of nitrogens with zero attached hydrogens (tertiary/aromatic N) is 5. The third kappa shape index (κ3) is 2.68. The fourth-order valence-electron chi connectivity index (χ4n) is 1.28. The van der Waals surface area contributed by atoms with Gasteiger partial charge >= 0.3 is 6.01 Å². The van der Waals surface area contributed by atoms with Crippen LogP contribution in [0.5, 0.6) is 6.01 Å². The Balaban J connectivity index is 2.31. The molecule has 0 aromatic carbocycles. The molecule has 0 fully saturated rings. The average molecular weight is 234 g/mol. The maximum Gasteiger partial charge on any atom is 0.321 e. The van der Waals surface area contributed by atoms with Crippen molar-refractivity contribution in [1.82, 2.24) is 24.7 Å². The zero-order valence-corrected chi connectivity index (χ0v) is 9.79. The minimum Gasteiger partial charge on any atom is -0.463 e. The second-order valence-electron chi connectivity index (χ2n) is 3.52. The van der Waals surface area contributed by atoms with E-state index in [9.17, 15) is 0 Å². The highest BCUT2D eigenvalue weighted by atomic mass is 16.5. The molecule has 0 unspecified atom stereocenters. The molecule has 0 aliphatic heterocycles. The Morgan fingerprint density at radius 2 is 2.18 bits per heavy atom. The predicted octanol–water partition coefficient (Wildman–Crippen LogP) is 0.643. The summed E-state index contributed by atoms with van der Waals surface area (Å²) in [4.78, 5) is 12.1. The fourth-order valence-corrected chi connectivity index (χ4v) is 1.28. The third-order valence-corrected chi connectivity index (χ3v) is 2.01. The highest BCUT2D eigenvalue weighted by Crippen LogP contribution is 2.15. The van der Waals surface area contributed by atoms with Crippen LogP contribution in [0.2, 0.25) is 0 Å². The lowest BCUT2D eigenvalue weighted by atomic mass is 10.4. The molecule has 2 rings (SSSR count). The first-order valence-electron chi connectivity index (χ1n) is 5.33. The molecule has 0 bridgehead atoms. The molecule has 7 heteroatoms. The lowest BCUT2D eigenvalue weighted by Crippen LogP contribution is -2.06. The fraction of sp³-hybridized carbons (Fsp3) is 0.400. The molecule has 0 spiro atoms. The maximum atomic E-state index is 5.60. The van der Waals surface area contributed by atoms with Crippen LogP contribution >= 0.6 is 0 Å². The molecule has 7 nitrogen and oxygen atoms in total. The first kappa shape index (κ1) is 11.3. The van der Waals surface area contributed by atoms with Crippen molar-refractivity contribution in [2.24, 2.45) is 7.05 Å². The number of hydrogen-bond donors (Lipinski definition) is 1. The van der Waals surface area contributed by atoms with Gasteiger partial charge in [-0.05, 0) is 12.5 Å². The summed E-state index contributed by atoms with van der Waals surface area (Å²) in [5.41, 5.74) is 6.24. The van der Waals surface area contributed by atoms with Crippen LogP contribution in [0.1, 0.15) is 13.3 Å². The van der Waals surface area contributed by atoms with Gasteiger partial charge in [-0.15, -0.1) is 0 Å². The van der Waals surface area contributed by atoms with Crippen molar-refractivity contribution < 1.29 is 4.74 Å². The topological polar surface area (TPSA) is 91.7 Å². The summed E-state index contributed by atoms with van der Waals surface area (Å²) < 4.78 is 7.00. The van der Waals surface area contributed by atoms with E-state index in [2.05, 4.69) is 20.1 Å². The van der Waals surface area contributed by atoms with Crippen molar-refractivity contribution in [2.45, 2.75) is 13.3 Å². The average Bonchev–Trinajstić information content (AvgIpc) is 2.72. The third-order valence-electron chi connectivity index (χ3n) is 2.01. The molecular weight excluding hydrogens is 220 g/mol. The molecule has 0 saturated heterocycles. The van der Waals surface area contributed by atoms with Crippen LogP contribution in [0.25, 0.3) is 11.5 Å². The number of aromatic nitrogens is 5. The minimum absolute atomic E-state index is 0.131. The van der Waals surface area contributed by atoms with Crippen LogP contribution in [0.4, 0.5) is 5.95 Å². The Morgan fingerprint density at radius 3 is 2.82 bits per heavy atom. The first-order valence-corrected chi connectivity index (χ1v) is 5.33. The van der Waals surface area contributed by atoms with Crippen molar-refractivity contribution in [3.63, 3.8) is 0 Å². The SMILES string of the molecule is CCCOc1nc(N)nc(-c2ccn(C)n2)n1. The largest absolute Gasteiger partial charge is 0.463 e. The van der Waals surface area contributed by atoms with Gasteiger partial charge in [0.05, 0.1) is 6.61 Å². The number of aryl methyl sites for hydroxylation is 1. The summed E-state index contributed by atoms with van der Waals surface area (Å²) in [7, 11) is 1.82. The quantitative estimate of drug-likeness (QED) is 0.834. The van der Waals surface area contributed by atoms with E-state index in [-0.39, 0.29) is 12.0 Å². The molecular formula is C10H14N6O. The number of nitrogens with two attached hydrogens (primary N) is 1. The van der Waals surface area contributed by atoms with Crippen LogP contribution in [-0.4, -0.2) is 31.3 Å². The van der Waals surface area contributed by atoms with Crippen LogP contribution in [0, 0.1) is 0 Å². The van der Waals surface area contributed by atoms with Gasteiger partial charge in [0.15, 0.2) is 5.82 Å². The van der Waals surface area contributed by atoms with Crippen molar-refractivity contribution >= 4 is 5.95 Å². The number of anilines is 1. The second-order valence-corrected chi connectivity index (χ2v) is 3.52. The summed E-state index contributed by atoms with van der Waals surface area (Å²) in [6.45, 7) is 2.55. The lowest BCUT2D eigenvalue weighted by Gasteiger charge is -2.04. The lowest BCUT2D eigenvalue weighted by molar-refractivity contribution is 0.292. The van der Waals surface area contributed by atoms with E-state index in [1.165, 1.54) is 0 Å². The monoisotopic (exact) mass is 234 g/mol. The van der Waals surface area contributed by atoms with Crippen LogP contribution < -0.4 is 10.5 Å². The van der Waals surface area contributed by atoms with Crippen molar-refractivity contribution in [1.29, 1.82) is 0 Å². The summed E-state index contributed by atoms with van der Waals surface area (Å²) in [6, 6.07) is 2.04. The van der Waals surface area contributed by atoms with Crippen molar-refractivity contribution in [3.8, 4) is 17.5 Å². The summed E-state index contributed by atoms with van der Waals surface area (Å²) in [6.07, 6.45) is 2.69. The molecule has 2 aromatic heterocycles. The zero-order chi connectivity index (χ0) is 12.3. The Morgan fingerprint density at radius 1 is 1.35 bits per heavy atom. The van der Waals surface area contributed by atoms with Gasteiger partial charge in [0.1, 0.15) is 5.69 Å². The molecule has 0 atom stereocenters. The van der Waals surface area contributed by atoms with Gasteiger partial charge in [0.2, 0.25) is 5.95 Å².